The lowest BCUT2D eigenvalue weighted by molar-refractivity contribution is -0.123. The maximum atomic E-state index is 12.3. The Labute approximate surface area is 121 Å². The van der Waals surface area contributed by atoms with Gasteiger partial charge in [0.15, 0.2) is 0 Å². The summed E-state index contributed by atoms with van der Waals surface area (Å²) < 4.78 is 0.228. The number of piperidine rings is 1. The van der Waals surface area contributed by atoms with E-state index in [0.717, 1.165) is 38.9 Å². The minimum Gasteiger partial charge on any atom is -0.354 e. The van der Waals surface area contributed by atoms with E-state index in [9.17, 15) is 4.79 Å². The maximum absolute atomic E-state index is 12.3. The molecule has 0 aromatic rings. The fourth-order valence-corrected chi connectivity index (χ4v) is 4.22. The summed E-state index contributed by atoms with van der Waals surface area (Å²) in [5.41, 5.74) is 0.357. The Hall–Kier alpha value is -0.220. The van der Waals surface area contributed by atoms with Crippen LogP contribution in [0.3, 0.4) is 0 Å². The van der Waals surface area contributed by atoms with Gasteiger partial charge in [0, 0.05) is 17.2 Å². The Morgan fingerprint density at radius 2 is 2.00 bits per heavy atom. The number of hydrogen-bond acceptors (Lipinski definition) is 3. The van der Waals surface area contributed by atoms with Crippen molar-refractivity contribution in [1.29, 1.82) is 0 Å². The summed E-state index contributed by atoms with van der Waals surface area (Å²) in [6.07, 6.45) is 7.87. The number of amides is 1. The molecule has 1 amide bonds. The van der Waals surface area contributed by atoms with E-state index in [2.05, 4.69) is 30.7 Å². The van der Waals surface area contributed by atoms with Crippen molar-refractivity contribution in [2.24, 2.45) is 11.3 Å². The molecule has 2 N–H and O–H groups in total. The third kappa shape index (κ3) is 3.10. The molecule has 2 fully saturated rings. The first kappa shape index (κ1) is 15.2. The molecule has 19 heavy (non-hydrogen) atoms. The van der Waals surface area contributed by atoms with E-state index in [0.29, 0.717) is 17.2 Å². The van der Waals surface area contributed by atoms with Crippen LogP contribution in [0.2, 0.25) is 0 Å². The molecular weight excluding hydrogens is 256 g/mol. The number of thioether (sulfide) groups is 1. The van der Waals surface area contributed by atoms with Crippen molar-refractivity contribution >= 4 is 17.7 Å². The van der Waals surface area contributed by atoms with Crippen molar-refractivity contribution in [3.05, 3.63) is 0 Å². The molecule has 1 heterocycles. The monoisotopic (exact) mass is 284 g/mol. The molecule has 110 valence electrons. The molecule has 2 aliphatic rings. The average Bonchev–Trinajstić information content (AvgIpc) is 3.15. The molecule has 0 radical (unpaired) electrons. The second-order valence-electron chi connectivity index (χ2n) is 6.18. The second kappa shape index (κ2) is 6.04. The van der Waals surface area contributed by atoms with Gasteiger partial charge in [-0.15, -0.1) is 0 Å². The largest absolute Gasteiger partial charge is 0.354 e. The van der Waals surface area contributed by atoms with Gasteiger partial charge in [-0.25, -0.2) is 0 Å². The minimum atomic E-state index is 0.228. The van der Waals surface area contributed by atoms with Crippen molar-refractivity contribution < 1.29 is 4.79 Å². The predicted octanol–water partition coefficient (Wildman–Crippen LogP) is 2.41. The number of rotatable bonds is 6. The van der Waals surface area contributed by atoms with Crippen LogP contribution in [0.25, 0.3) is 0 Å². The van der Waals surface area contributed by atoms with Crippen molar-refractivity contribution in [2.45, 2.75) is 50.7 Å². The van der Waals surface area contributed by atoms with Crippen LogP contribution >= 0.6 is 11.8 Å². The fourth-order valence-electron chi connectivity index (χ4n) is 3.43. The summed E-state index contributed by atoms with van der Waals surface area (Å²) in [5.74, 6) is 0.602. The van der Waals surface area contributed by atoms with Gasteiger partial charge in [0.05, 0.1) is 0 Å². The molecule has 1 saturated heterocycles. The highest BCUT2D eigenvalue weighted by Crippen LogP contribution is 2.58. The molecule has 0 aromatic carbocycles. The maximum Gasteiger partial charge on any atom is 0.223 e. The lowest BCUT2D eigenvalue weighted by atomic mass is 9.91. The fraction of sp³-hybridized carbons (Fsp3) is 0.933. The Bertz CT molecular complexity index is 314. The third-order valence-electron chi connectivity index (χ3n) is 5.41. The van der Waals surface area contributed by atoms with E-state index in [1.807, 2.05) is 11.8 Å². The lowest BCUT2D eigenvalue weighted by Crippen LogP contribution is -2.41. The Morgan fingerprint density at radius 1 is 1.37 bits per heavy atom. The van der Waals surface area contributed by atoms with Crippen LogP contribution in [0.1, 0.15) is 46.0 Å². The number of carbonyl (C=O) groups excluding carboxylic acids is 1. The first-order valence-electron chi connectivity index (χ1n) is 7.65. The zero-order chi connectivity index (χ0) is 13.9. The van der Waals surface area contributed by atoms with E-state index >= 15 is 0 Å². The third-order valence-corrected chi connectivity index (χ3v) is 7.00. The first-order valence-corrected chi connectivity index (χ1v) is 8.87. The van der Waals surface area contributed by atoms with Crippen LogP contribution < -0.4 is 10.6 Å². The highest BCUT2D eigenvalue weighted by Gasteiger charge is 2.57. The van der Waals surface area contributed by atoms with Gasteiger partial charge in [-0.2, -0.15) is 11.8 Å². The molecule has 1 spiro atoms. The standard InChI is InChI=1S/C15H28N2OS/c1-4-15(5-2,19-3)11-17-13(18)12-10-14(12)6-8-16-9-7-14/h12,16H,4-11H2,1-3H3,(H,17,18). The van der Waals surface area contributed by atoms with E-state index < -0.39 is 0 Å². The van der Waals surface area contributed by atoms with Crippen LogP contribution in [0.15, 0.2) is 0 Å². The molecule has 0 aromatic heterocycles. The Balaban J connectivity index is 1.82. The van der Waals surface area contributed by atoms with Crippen LogP contribution in [-0.4, -0.2) is 36.5 Å². The summed E-state index contributed by atoms with van der Waals surface area (Å²) in [6, 6.07) is 0. The van der Waals surface area contributed by atoms with Crippen LogP contribution in [0.5, 0.6) is 0 Å². The van der Waals surface area contributed by atoms with Crippen LogP contribution in [0, 0.1) is 11.3 Å². The Kier molecular flexibility index (Phi) is 4.83. The van der Waals surface area contributed by atoms with Crippen LogP contribution in [0.4, 0.5) is 0 Å². The van der Waals surface area contributed by atoms with Crippen molar-refractivity contribution in [1.82, 2.24) is 10.6 Å². The SMILES string of the molecule is CCC(CC)(CNC(=O)C1CC12CCNCC2)SC. The highest BCUT2D eigenvalue weighted by atomic mass is 32.2. The topological polar surface area (TPSA) is 41.1 Å². The summed E-state index contributed by atoms with van der Waals surface area (Å²) in [7, 11) is 0. The molecule has 0 bridgehead atoms. The molecule has 1 aliphatic heterocycles. The molecule has 1 aliphatic carbocycles. The van der Waals surface area contributed by atoms with Gasteiger partial charge in [0.2, 0.25) is 5.91 Å². The molecule has 3 nitrogen and oxygen atoms in total. The van der Waals surface area contributed by atoms with Crippen molar-refractivity contribution in [3.63, 3.8) is 0 Å². The Morgan fingerprint density at radius 3 is 2.53 bits per heavy atom. The van der Waals surface area contributed by atoms with E-state index in [4.69, 9.17) is 0 Å². The molecule has 1 unspecified atom stereocenters. The van der Waals surface area contributed by atoms with E-state index in [1.54, 1.807) is 0 Å². The van der Waals surface area contributed by atoms with Gasteiger partial charge in [-0.05, 0) is 56.9 Å². The molecule has 4 heteroatoms. The zero-order valence-electron chi connectivity index (χ0n) is 12.6. The molecule has 1 saturated carbocycles. The summed E-state index contributed by atoms with van der Waals surface area (Å²) >= 11 is 1.89. The number of nitrogens with one attached hydrogen (secondary N) is 2. The van der Waals surface area contributed by atoms with E-state index in [-0.39, 0.29) is 4.75 Å². The molecule has 2 rings (SSSR count). The van der Waals surface area contributed by atoms with Gasteiger partial charge in [-0.3, -0.25) is 4.79 Å². The van der Waals surface area contributed by atoms with Gasteiger partial charge >= 0.3 is 0 Å². The first-order chi connectivity index (χ1) is 9.11. The number of hydrogen-bond donors (Lipinski definition) is 2. The van der Waals surface area contributed by atoms with Gasteiger partial charge in [0.25, 0.3) is 0 Å². The minimum absolute atomic E-state index is 0.228. The summed E-state index contributed by atoms with van der Waals surface area (Å²) in [4.78, 5) is 12.3. The smallest absolute Gasteiger partial charge is 0.223 e. The molecular formula is C15H28N2OS. The predicted molar refractivity (Wildman–Crippen MR) is 82.5 cm³/mol. The van der Waals surface area contributed by atoms with Gasteiger partial charge < -0.3 is 10.6 Å². The van der Waals surface area contributed by atoms with Gasteiger partial charge in [0.1, 0.15) is 0 Å². The van der Waals surface area contributed by atoms with Gasteiger partial charge in [-0.1, -0.05) is 13.8 Å². The lowest BCUT2D eigenvalue weighted by Gasteiger charge is -2.30. The average molecular weight is 284 g/mol. The van der Waals surface area contributed by atoms with Crippen molar-refractivity contribution in [2.75, 3.05) is 25.9 Å². The van der Waals surface area contributed by atoms with E-state index in [1.165, 1.54) is 12.8 Å². The molecule has 1 atom stereocenters. The summed E-state index contributed by atoms with van der Waals surface area (Å²) in [5, 5.41) is 6.62. The quantitative estimate of drug-likeness (QED) is 0.787. The normalized spacial score (nSPS) is 25.3. The van der Waals surface area contributed by atoms with Crippen molar-refractivity contribution in [3.8, 4) is 0 Å². The second-order valence-corrected chi connectivity index (χ2v) is 7.46. The highest BCUT2D eigenvalue weighted by molar-refractivity contribution is 8.00. The summed E-state index contributed by atoms with van der Waals surface area (Å²) in [6.45, 7) is 7.44. The van der Waals surface area contributed by atoms with Crippen LogP contribution in [-0.2, 0) is 4.79 Å². The zero-order valence-corrected chi connectivity index (χ0v) is 13.4. The number of carbonyl (C=O) groups is 1.